The first-order valence-electron chi connectivity index (χ1n) is 9.69. The largest absolute Gasteiger partial charge is 0.491 e. The van der Waals surface area contributed by atoms with Gasteiger partial charge in [-0.25, -0.2) is 0 Å². The molecule has 0 bridgehead atoms. The summed E-state index contributed by atoms with van der Waals surface area (Å²) in [7, 11) is 1.51. The molecule has 0 aliphatic carbocycles. The molecule has 2 aromatic rings. The zero-order chi connectivity index (χ0) is 20.4. The summed E-state index contributed by atoms with van der Waals surface area (Å²) < 4.78 is 11.1. The predicted octanol–water partition coefficient (Wildman–Crippen LogP) is 4.40. The number of hydrogen-bond donors (Lipinski definition) is 2. The van der Waals surface area contributed by atoms with Gasteiger partial charge in [0.05, 0.1) is 7.11 Å². The van der Waals surface area contributed by atoms with Gasteiger partial charge in [-0.05, 0) is 64.8 Å². The normalized spacial score (nSPS) is 19.8. The van der Waals surface area contributed by atoms with Crippen LogP contribution in [0.15, 0.2) is 52.7 Å². The lowest BCUT2D eigenvalue weighted by molar-refractivity contribution is -0.121. The van der Waals surface area contributed by atoms with Gasteiger partial charge in [-0.1, -0.05) is 24.3 Å². The molecule has 2 N–H and O–H groups in total. The summed E-state index contributed by atoms with van der Waals surface area (Å²) in [6.45, 7) is 8.65. The van der Waals surface area contributed by atoms with Gasteiger partial charge in [-0.2, -0.15) is 0 Å². The highest BCUT2D eigenvalue weighted by molar-refractivity contribution is 5.92. The summed E-state index contributed by atoms with van der Waals surface area (Å²) in [5.41, 5.74) is 0.780. The van der Waals surface area contributed by atoms with Crippen molar-refractivity contribution in [1.82, 2.24) is 10.6 Å². The molecule has 0 unspecified atom stereocenters. The van der Waals surface area contributed by atoms with Crippen molar-refractivity contribution in [3.8, 4) is 0 Å². The molecular weight excluding hydrogens is 352 g/mol. The van der Waals surface area contributed by atoms with E-state index in [4.69, 9.17) is 9.15 Å². The zero-order valence-corrected chi connectivity index (χ0v) is 17.3. The van der Waals surface area contributed by atoms with Crippen LogP contribution in [0.1, 0.15) is 46.3 Å². The standard InChI is InChI=1S/C23H30N2O3/c1-22(2)14-17(15-23(3,4)25-22)24-21(26)20(27-5)12-8-10-18-13-16-9-6-7-11-19(16)28-18/h6-13,17,25H,14-15H2,1-5H3,(H,24,26)/b10-8+,20-12-. The number of piperidine rings is 1. The number of para-hydroxylation sites is 1. The van der Waals surface area contributed by atoms with Crippen LogP contribution in [0.5, 0.6) is 0 Å². The van der Waals surface area contributed by atoms with Crippen LogP contribution in [-0.4, -0.2) is 30.1 Å². The summed E-state index contributed by atoms with van der Waals surface area (Å²) in [6.07, 6.45) is 7.00. The molecule has 1 aromatic heterocycles. The zero-order valence-electron chi connectivity index (χ0n) is 17.3. The monoisotopic (exact) mass is 382 g/mol. The van der Waals surface area contributed by atoms with Gasteiger partial charge >= 0.3 is 0 Å². The minimum absolute atomic E-state index is 0.0299. The van der Waals surface area contributed by atoms with Crippen molar-refractivity contribution in [2.75, 3.05) is 7.11 Å². The molecule has 5 nitrogen and oxygen atoms in total. The number of amides is 1. The number of fused-ring (bicyclic) bond motifs is 1. The lowest BCUT2D eigenvalue weighted by Crippen LogP contribution is -2.62. The summed E-state index contributed by atoms with van der Waals surface area (Å²) in [6, 6.07) is 9.90. The quantitative estimate of drug-likeness (QED) is 0.457. The third-order valence-electron chi connectivity index (χ3n) is 4.92. The van der Waals surface area contributed by atoms with Crippen LogP contribution in [0.25, 0.3) is 17.0 Å². The Kier molecular flexibility index (Phi) is 5.66. The minimum Gasteiger partial charge on any atom is -0.491 e. The molecular formula is C23H30N2O3. The number of carbonyl (C=O) groups is 1. The predicted molar refractivity (Wildman–Crippen MR) is 113 cm³/mol. The van der Waals surface area contributed by atoms with E-state index in [0.29, 0.717) is 0 Å². The van der Waals surface area contributed by atoms with Crippen LogP contribution in [0.3, 0.4) is 0 Å². The second kappa shape index (κ2) is 7.84. The van der Waals surface area contributed by atoms with Gasteiger partial charge < -0.3 is 19.8 Å². The molecule has 1 aromatic carbocycles. The maximum Gasteiger partial charge on any atom is 0.286 e. The van der Waals surface area contributed by atoms with E-state index in [-0.39, 0.29) is 28.8 Å². The molecule has 1 fully saturated rings. The van der Waals surface area contributed by atoms with Gasteiger partial charge in [-0.3, -0.25) is 4.79 Å². The summed E-state index contributed by atoms with van der Waals surface area (Å²) in [5.74, 6) is 0.812. The fourth-order valence-corrected chi connectivity index (χ4v) is 4.23. The van der Waals surface area contributed by atoms with E-state index >= 15 is 0 Å². The number of ether oxygens (including phenoxy) is 1. The fourth-order valence-electron chi connectivity index (χ4n) is 4.23. The topological polar surface area (TPSA) is 63.5 Å². The lowest BCUT2D eigenvalue weighted by Gasteiger charge is -2.46. The summed E-state index contributed by atoms with van der Waals surface area (Å²) >= 11 is 0. The molecule has 28 heavy (non-hydrogen) atoms. The molecule has 0 atom stereocenters. The molecule has 0 saturated carbocycles. The van der Waals surface area contributed by atoms with Crippen LogP contribution in [0.2, 0.25) is 0 Å². The highest BCUT2D eigenvalue weighted by Gasteiger charge is 2.38. The van der Waals surface area contributed by atoms with E-state index in [0.717, 1.165) is 29.6 Å². The van der Waals surface area contributed by atoms with Gasteiger partial charge in [0.2, 0.25) is 0 Å². The third kappa shape index (κ3) is 5.04. The van der Waals surface area contributed by atoms with Crippen molar-refractivity contribution >= 4 is 23.0 Å². The smallest absolute Gasteiger partial charge is 0.286 e. The van der Waals surface area contributed by atoms with Gasteiger partial charge in [0.25, 0.3) is 5.91 Å². The van der Waals surface area contributed by atoms with Crippen LogP contribution >= 0.6 is 0 Å². The van der Waals surface area contributed by atoms with Gasteiger partial charge in [0.15, 0.2) is 5.76 Å². The Morgan fingerprint density at radius 2 is 1.89 bits per heavy atom. The van der Waals surface area contributed by atoms with Crippen LogP contribution in [0.4, 0.5) is 0 Å². The average Bonchev–Trinajstić information content (AvgIpc) is 2.98. The van der Waals surface area contributed by atoms with Crippen molar-refractivity contribution in [3.63, 3.8) is 0 Å². The van der Waals surface area contributed by atoms with E-state index in [1.54, 1.807) is 12.2 Å². The number of furan rings is 1. The molecule has 2 heterocycles. The Labute approximate surface area is 166 Å². The number of methoxy groups -OCH3 is 1. The van der Waals surface area contributed by atoms with Gasteiger partial charge in [0.1, 0.15) is 11.3 Å². The number of hydrogen-bond acceptors (Lipinski definition) is 4. The van der Waals surface area contributed by atoms with Crippen molar-refractivity contribution < 1.29 is 13.9 Å². The Balaban J connectivity index is 1.67. The van der Waals surface area contributed by atoms with E-state index in [1.807, 2.05) is 36.4 Å². The summed E-state index contributed by atoms with van der Waals surface area (Å²) in [5, 5.41) is 7.79. The van der Waals surface area contributed by atoms with Gasteiger partial charge in [-0.15, -0.1) is 0 Å². The molecule has 0 radical (unpaired) electrons. The van der Waals surface area contributed by atoms with Crippen LogP contribution in [0, 0.1) is 0 Å². The molecule has 3 rings (SSSR count). The molecule has 5 heteroatoms. The molecule has 0 spiro atoms. The first-order chi connectivity index (χ1) is 13.2. The Bertz CT molecular complexity index is 856. The first kappa shape index (κ1) is 20.2. The van der Waals surface area contributed by atoms with E-state index in [1.165, 1.54) is 7.11 Å². The first-order valence-corrected chi connectivity index (χ1v) is 9.69. The average molecular weight is 383 g/mol. The Hall–Kier alpha value is -2.53. The summed E-state index contributed by atoms with van der Waals surface area (Å²) in [4.78, 5) is 12.7. The number of nitrogens with one attached hydrogen (secondary N) is 2. The Morgan fingerprint density at radius 3 is 2.54 bits per heavy atom. The maximum atomic E-state index is 12.7. The second-order valence-electron chi connectivity index (χ2n) is 8.75. The fraction of sp³-hybridized carbons (Fsp3) is 0.435. The van der Waals surface area contributed by atoms with Crippen molar-refractivity contribution in [2.24, 2.45) is 0 Å². The minimum atomic E-state index is -0.199. The third-order valence-corrected chi connectivity index (χ3v) is 4.92. The van der Waals surface area contributed by atoms with Gasteiger partial charge in [0, 0.05) is 22.5 Å². The van der Waals surface area contributed by atoms with Crippen LogP contribution < -0.4 is 10.6 Å². The number of rotatable bonds is 5. The number of allylic oxidation sites excluding steroid dienone is 2. The van der Waals surface area contributed by atoms with Crippen molar-refractivity contribution in [2.45, 2.75) is 57.7 Å². The van der Waals surface area contributed by atoms with E-state index in [9.17, 15) is 4.79 Å². The molecule has 150 valence electrons. The highest BCUT2D eigenvalue weighted by Crippen LogP contribution is 2.28. The van der Waals surface area contributed by atoms with E-state index < -0.39 is 0 Å². The van der Waals surface area contributed by atoms with E-state index in [2.05, 4.69) is 38.3 Å². The lowest BCUT2D eigenvalue weighted by atomic mass is 9.79. The van der Waals surface area contributed by atoms with Crippen LogP contribution in [-0.2, 0) is 9.53 Å². The molecule has 1 amide bonds. The molecule has 1 aliphatic rings. The molecule has 1 saturated heterocycles. The number of benzene rings is 1. The van der Waals surface area contributed by atoms with Crippen molar-refractivity contribution in [3.05, 3.63) is 54.0 Å². The van der Waals surface area contributed by atoms with Crippen molar-refractivity contribution in [1.29, 1.82) is 0 Å². The second-order valence-corrected chi connectivity index (χ2v) is 8.75. The SMILES string of the molecule is CO/C(=C\C=C\c1cc2ccccc2o1)C(=O)NC1CC(C)(C)NC(C)(C)C1. The maximum absolute atomic E-state index is 12.7. The number of carbonyl (C=O) groups excluding carboxylic acids is 1. The molecule has 1 aliphatic heterocycles. The highest BCUT2D eigenvalue weighted by atomic mass is 16.5. The Morgan fingerprint density at radius 1 is 1.21 bits per heavy atom.